The molecule has 1 amide bonds. The average molecular weight is 351 g/mol. The number of carbonyl (C=O) groups is 1. The highest BCUT2D eigenvalue weighted by atomic mass is 32.2. The largest absolute Gasteiger partial charge is 0.351 e. The minimum atomic E-state index is -0.521. The van der Waals surface area contributed by atoms with Crippen LogP contribution in [0.1, 0.15) is 11.1 Å². The van der Waals surface area contributed by atoms with Crippen molar-refractivity contribution in [3.8, 4) is 0 Å². The highest BCUT2D eigenvalue weighted by molar-refractivity contribution is 8.00. The van der Waals surface area contributed by atoms with E-state index < -0.39 is 11.6 Å². The molecule has 0 unspecified atom stereocenters. The molecular weight excluding hydrogens is 330 g/mol. The lowest BCUT2D eigenvalue weighted by molar-refractivity contribution is -0.872. The summed E-state index contributed by atoms with van der Waals surface area (Å²) in [6.45, 7) is 1.36. The molecule has 128 valence electrons. The Labute approximate surface area is 145 Å². The average Bonchev–Trinajstić information content (AvgIpc) is 2.54. The van der Waals surface area contributed by atoms with Gasteiger partial charge in [0.15, 0.2) is 0 Å². The van der Waals surface area contributed by atoms with E-state index in [1.54, 1.807) is 0 Å². The molecule has 0 spiro atoms. The first kappa shape index (κ1) is 18.4. The SMILES string of the molecule is C[NH+](C)Cc1ccc(CNC(=O)CSc2cc(F)ccc2F)cc1. The van der Waals surface area contributed by atoms with Gasteiger partial charge in [-0.25, -0.2) is 8.78 Å². The Morgan fingerprint density at radius 2 is 1.75 bits per heavy atom. The van der Waals surface area contributed by atoms with Gasteiger partial charge in [-0.05, 0) is 23.8 Å². The maximum atomic E-state index is 13.5. The normalized spacial score (nSPS) is 10.9. The van der Waals surface area contributed by atoms with Crippen molar-refractivity contribution in [2.24, 2.45) is 0 Å². The Morgan fingerprint density at radius 3 is 2.42 bits per heavy atom. The molecule has 2 aromatic rings. The quantitative estimate of drug-likeness (QED) is 0.749. The van der Waals surface area contributed by atoms with Gasteiger partial charge in [-0.2, -0.15) is 0 Å². The second-order valence-electron chi connectivity index (χ2n) is 5.84. The van der Waals surface area contributed by atoms with E-state index in [1.165, 1.54) is 10.5 Å². The van der Waals surface area contributed by atoms with Gasteiger partial charge in [0.1, 0.15) is 18.2 Å². The van der Waals surface area contributed by atoms with Crippen molar-refractivity contribution in [2.45, 2.75) is 18.0 Å². The summed E-state index contributed by atoms with van der Waals surface area (Å²) in [4.78, 5) is 13.3. The summed E-state index contributed by atoms with van der Waals surface area (Å²) in [5, 5.41) is 2.78. The van der Waals surface area contributed by atoms with Gasteiger partial charge < -0.3 is 10.2 Å². The molecule has 0 radical (unpaired) electrons. The van der Waals surface area contributed by atoms with Crippen molar-refractivity contribution in [1.29, 1.82) is 0 Å². The summed E-state index contributed by atoms with van der Waals surface area (Å²) in [6, 6.07) is 11.3. The molecule has 0 aliphatic heterocycles. The number of carbonyl (C=O) groups excluding carboxylic acids is 1. The Morgan fingerprint density at radius 1 is 1.08 bits per heavy atom. The number of nitrogens with one attached hydrogen (secondary N) is 2. The maximum absolute atomic E-state index is 13.5. The van der Waals surface area contributed by atoms with E-state index in [9.17, 15) is 13.6 Å². The van der Waals surface area contributed by atoms with Crippen molar-refractivity contribution in [2.75, 3.05) is 19.8 Å². The molecule has 0 bridgehead atoms. The molecule has 2 N–H and O–H groups in total. The highest BCUT2D eigenvalue weighted by Crippen LogP contribution is 2.22. The van der Waals surface area contributed by atoms with Crippen LogP contribution in [0.4, 0.5) is 8.78 Å². The molecule has 0 saturated carbocycles. The number of hydrogen-bond donors (Lipinski definition) is 2. The summed E-state index contributed by atoms with van der Waals surface area (Å²) < 4.78 is 26.5. The van der Waals surface area contributed by atoms with Crippen molar-refractivity contribution < 1.29 is 18.5 Å². The van der Waals surface area contributed by atoms with Gasteiger partial charge in [0.2, 0.25) is 5.91 Å². The van der Waals surface area contributed by atoms with Crippen LogP contribution >= 0.6 is 11.8 Å². The molecule has 6 heteroatoms. The summed E-state index contributed by atoms with van der Waals surface area (Å²) in [5.74, 6) is -1.21. The van der Waals surface area contributed by atoms with Crippen LogP contribution in [0.5, 0.6) is 0 Å². The molecule has 0 saturated heterocycles. The summed E-state index contributed by atoms with van der Waals surface area (Å²) >= 11 is 0.984. The number of rotatable bonds is 7. The van der Waals surface area contributed by atoms with Crippen molar-refractivity contribution in [3.05, 3.63) is 65.2 Å². The number of halogens is 2. The summed E-state index contributed by atoms with van der Waals surface area (Å²) in [6.07, 6.45) is 0. The van der Waals surface area contributed by atoms with E-state index in [1.807, 2.05) is 24.3 Å². The Balaban J connectivity index is 1.79. The van der Waals surface area contributed by atoms with E-state index in [0.717, 1.165) is 42.1 Å². The predicted molar refractivity (Wildman–Crippen MR) is 91.9 cm³/mol. The van der Waals surface area contributed by atoms with Crippen LogP contribution in [0, 0.1) is 11.6 Å². The molecule has 0 aliphatic rings. The number of hydrogen-bond acceptors (Lipinski definition) is 2. The molecule has 24 heavy (non-hydrogen) atoms. The molecule has 2 rings (SSSR count). The van der Waals surface area contributed by atoms with E-state index in [0.29, 0.717) is 6.54 Å². The van der Waals surface area contributed by atoms with Crippen LogP contribution in [0.2, 0.25) is 0 Å². The number of benzene rings is 2. The third-order valence-corrected chi connectivity index (χ3v) is 4.35. The van der Waals surface area contributed by atoms with Crippen molar-refractivity contribution in [1.82, 2.24) is 5.32 Å². The molecular formula is C18H21F2N2OS+. The minimum absolute atomic E-state index is 0.0441. The molecule has 0 aromatic heterocycles. The molecule has 0 aliphatic carbocycles. The summed E-state index contributed by atoms with van der Waals surface area (Å²) in [7, 11) is 4.18. The topological polar surface area (TPSA) is 33.5 Å². The van der Waals surface area contributed by atoms with Gasteiger partial charge in [0.25, 0.3) is 0 Å². The van der Waals surface area contributed by atoms with Crippen LogP contribution in [-0.4, -0.2) is 25.8 Å². The lowest BCUT2D eigenvalue weighted by Gasteiger charge is -2.09. The standard InChI is InChI=1S/C18H20F2N2OS/c1-22(2)11-14-5-3-13(4-6-14)10-21-18(23)12-24-17-9-15(19)7-8-16(17)20/h3-9H,10-12H2,1-2H3,(H,21,23)/p+1. The van der Waals surface area contributed by atoms with Crippen LogP contribution in [0.15, 0.2) is 47.4 Å². The van der Waals surface area contributed by atoms with Gasteiger partial charge in [-0.15, -0.1) is 11.8 Å². The molecule has 0 heterocycles. The fourth-order valence-electron chi connectivity index (χ4n) is 2.17. The summed E-state index contributed by atoms with van der Waals surface area (Å²) in [5.41, 5.74) is 2.24. The van der Waals surface area contributed by atoms with E-state index in [4.69, 9.17) is 0 Å². The van der Waals surface area contributed by atoms with Gasteiger partial charge in [-0.3, -0.25) is 4.79 Å². The van der Waals surface area contributed by atoms with Gasteiger partial charge in [0, 0.05) is 17.0 Å². The van der Waals surface area contributed by atoms with Crippen LogP contribution in [0.25, 0.3) is 0 Å². The Bertz CT molecular complexity index is 690. The fourth-order valence-corrected chi connectivity index (χ4v) is 2.96. The maximum Gasteiger partial charge on any atom is 0.230 e. The van der Waals surface area contributed by atoms with Crippen LogP contribution in [-0.2, 0) is 17.9 Å². The molecule has 3 nitrogen and oxygen atoms in total. The monoisotopic (exact) mass is 351 g/mol. The second-order valence-corrected chi connectivity index (χ2v) is 6.86. The molecule has 0 fully saturated rings. The smallest absolute Gasteiger partial charge is 0.230 e. The van der Waals surface area contributed by atoms with Crippen molar-refractivity contribution in [3.63, 3.8) is 0 Å². The predicted octanol–water partition coefficient (Wildman–Crippen LogP) is 2.02. The first-order valence-corrected chi connectivity index (χ1v) is 8.64. The fraction of sp³-hybridized carbons (Fsp3) is 0.278. The first-order chi connectivity index (χ1) is 11.4. The second kappa shape index (κ2) is 8.80. The van der Waals surface area contributed by atoms with E-state index in [2.05, 4.69) is 19.4 Å². The Kier molecular flexibility index (Phi) is 6.75. The van der Waals surface area contributed by atoms with E-state index in [-0.39, 0.29) is 16.6 Å². The third kappa shape index (κ3) is 5.94. The molecule has 2 aromatic carbocycles. The zero-order valence-electron chi connectivity index (χ0n) is 13.7. The first-order valence-electron chi connectivity index (χ1n) is 7.65. The third-order valence-electron chi connectivity index (χ3n) is 3.32. The van der Waals surface area contributed by atoms with Crippen LogP contribution in [0.3, 0.4) is 0 Å². The van der Waals surface area contributed by atoms with Crippen LogP contribution < -0.4 is 10.2 Å². The lowest BCUT2D eigenvalue weighted by Crippen LogP contribution is -3.04. The lowest BCUT2D eigenvalue weighted by atomic mass is 10.1. The Hall–Kier alpha value is -1.92. The van der Waals surface area contributed by atoms with Gasteiger partial charge in [-0.1, -0.05) is 24.3 Å². The minimum Gasteiger partial charge on any atom is -0.351 e. The molecule has 0 atom stereocenters. The van der Waals surface area contributed by atoms with Crippen molar-refractivity contribution >= 4 is 17.7 Å². The number of thioether (sulfide) groups is 1. The van der Waals surface area contributed by atoms with Gasteiger partial charge in [0.05, 0.1) is 19.8 Å². The number of quaternary nitrogens is 1. The number of amides is 1. The zero-order valence-corrected chi connectivity index (χ0v) is 14.6. The van der Waals surface area contributed by atoms with E-state index >= 15 is 0 Å². The van der Waals surface area contributed by atoms with Gasteiger partial charge >= 0.3 is 0 Å². The highest BCUT2D eigenvalue weighted by Gasteiger charge is 2.08. The zero-order chi connectivity index (χ0) is 17.5.